The van der Waals surface area contributed by atoms with Gasteiger partial charge >= 0.3 is 8.25 Å². The minimum Gasteiger partial charge on any atom is -0.303 e. The average molecular weight is 139 g/mol. The zero-order valence-corrected chi connectivity index (χ0v) is 5.34. The Kier molecular flexibility index (Phi) is 13.1. The van der Waals surface area contributed by atoms with Gasteiger partial charge in [0.1, 0.15) is 6.29 Å². The summed E-state index contributed by atoms with van der Waals surface area (Å²) in [6.07, 6.45) is 1.51. The molecule has 0 aromatic heterocycles. The van der Waals surface area contributed by atoms with Gasteiger partial charge in [0, 0.05) is 11.0 Å². The third kappa shape index (κ3) is 263. The van der Waals surface area contributed by atoms with Crippen LogP contribution in [0.2, 0.25) is 0 Å². The van der Waals surface area contributed by atoms with Crippen molar-refractivity contribution in [2.75, 3.05) is 0 Å². The molecule has 2 N–H and O–H groups in total. The first kappa shape index (κ1) is 10.6. The normalized spacial score (nSPS) is 6.38. The molecule has 0 aromatic rings. The van der Waals surface area contributed by atoms with Crippen molar-refractivity contribution in [3.8, 4) is 0 Å². The van der Waals surface area contributed by atoms with Crippen molar-refractivity contribution >= 4 is 14.5 Å². The van der Waals surface area contributed by atoms with E-state index in [2.05, 4.69) is 0 Å². The molecule has 0 aliphatic rings. The molecule has 0 saturated heterocycles. The number of rotatable bonds is 1. The van der Waals surface area contributed by atoms with E-state index in [-0.39, 0.29) is 0 Å². The molecule has 0 atom stereocenters. The molecule has 0 saturated carbocycles. The number of aldehydes is 1. The average Bonchev–Trinajstić information content (AvgIpc) is 1.65. The van der Waals surface area contributed by atoms with E-state index in [1.165, 1.54) is 0 Å². The molecule has 0 unspecified atom stereocenters. The van der Waals surface area contributed by atoms with Gasteiger partial charge in [0.05, 0.1) is 0 Å². The van der Waals surface area contributed by atoms with Crippen LogP contribution in [0.4, 0.5) is 0 Å². The Hall–Kier alpha value is -0.310. The largest absolute Gasteiger partial charge is 0.692 e. The summed E-state index contributed by atoms with van der Waals surface area (Å²) in [5, 5.41) is 0. The van der Waals surface area contributed by atoms with E-state index in [0.29, 0.717) is 6.42 Å². The Morgan fingerprint density at radius 3 is 1.75 bits per heavy atom. The van der Waals surface area contributed by atoms with Crippen molar-refractivity contribution in [1.82, 2.24) is 0 Å². The fourth-order valence-corrected chi connectivity index (χ4v) is 0. The predicted octanol–water partition coefficient (Wildman–Crippen LogP) is 0.224. The fourth-order valence-electron chi connectivity index (χ4n) is 0. The highest BCUT2D eigenvalue weighted by molar-refractivity contribution is 7.30. The Bertz CT molecular complexity index is 67.7. The van der Waals surface area contributed by atoms with Gasteiger partial charge in [-0.2, -0.15) is 0 Å². The van der Waals surface area contributed by atoms with Crippen LogP contribution < -0.4 is 0 Å². The number of hydrogen-bond acceptors (Lipinski definition) is 2. The maximum Gasteiger partial charge on any atom is 0.692 e. The first-order valence-electron chi connectivity index (χ1n) is 1.93. The third-order valence-electron chi connectivity index (χ3n) is 0.167. The van der Waals surface area contributed by atoms with Crippen LogP contribution in [0.1, 0.15) is 13.3 Å². The molecular weight excluding hydrogens is 131 g/mol. The molecule has 0 fully saturated rings. The molecule has 0 aromatic carbocycles. The predicted molar refractivity (Wildman–Crippen MR) is 28.4 cm³/mol. The second kappa shape index (κ2) is 9.85. The summed E-state index contributed by atoms with van der Waals surface area (Å²) in [6, 6.07) is 0. The lowest BCUT2D eigenvalue weighted by molar-refractivity contribution is -0.107. The summed E-state index contributed by atoms with van der Waals surface area (Å²) in [5.41, 5.74) is 0. The van der Waals surface area contributed by atoms with E-state index in [9.17, 15) is 4.79 Å². The van der Waals surface area contributed by atoms with Gasteiger partial charge in [0.15, 0.2) is 0 Å². The number of hydrogen-bond donors (Lipinski definition) is 2. The Labute approximate surface area is 48.1 Å². The quantitative estimate of drug-likeness (QED) is 0.402. The van der Waals surface area contributed by atoms with Crippen LogP contribution in [0.15, 0.2) is 0 Å². The highest BCUT2D eigenvalue weighted by Gasteiger charge is 1.93. The molecule has 4 nitrogen and oxygen atoms in total. The summed E-state index contributed by atoms with van der Waals surface area (Å²) in [5.74, 6) is 0. The lowest BCUT2D eigenvalue weighted by Crippen LogP contribution is -1.55. The Morgan fingerprint density at radius 1 is 1.62 bits per heavy atom. The van der Waals surface area contributed by atoms with Gasteiger partial charge in [-0.1, -0.05) is 6.92 Å². The van der Waals surface area contributed by atoms with Crippen LogP contribution in [-0.4, -0.2) is 16.1 Å². The van der Waals surface area contributed by atoms with Crippen molar-refractivity contribution in [1.29, 1.82) is 0 Å². The van der Waals surface area contributed by atoms with E-state index in [1.807, 2.05) is 6.92 Å². The molecular formula is C3H8O4P+. The second-order valence-corrected chi connectivity index (χ2v) is 1.33. The summed E-state index contributed by atoms with van der Waals surface area (Å²) in [7, 11) is -2.87. The third-order valence-corrected chi connectivity index (χ3v) is 0.167. The van der Waals surface area contributed by atoms with Crippen molar-refractivity contribution in [3.63, 3.8) is 0 Å². The van der Waals surface area contributed by atoms with Crippen molar-refractivity contribution in [2.24, 2.45) is 0 Å². The van der Waals surface area contributed by atoms with Crippen LogP contribution in [0.25, 0.3) is 0 Å². The second-order valence-electron chi connectivity index (χ2n) is 0.828. The van der Waals surface area contributed by atoms with Gasteiger partial charge < -0.3 is 4.79 Å². The van der Waals surface area contributed by atoms with Crippen molar-refractivity contribution < 1.29 is 19.1 Å². The summed E-state index contributed by atoms with van der Waals surface area (Å²) >= 11 is 0. The molecule has 0 spiro atoms. The molecule has 0 rings (SSSR count). The molecule has 0 radical (unpaired) electrons. The molecule has 0 aliphatic heterocycles. The standard InChI is InChI=1S/C3H6O.HO3P/c1-2-3-4;1-4(2)3/h3H,2H2,1H3;(H-,1,2,3)/p+1. The van der Waals surface area contributed by atoms with E-state index in [4.69, 9.17) is 14.4 Å². The summed E-state index contributed by atoms with van der Waals surface area (Å²) in [6.45, 7) is 1.81. The smallest absolute Gasteiger partial charge is 0.303 e. The lowest BCUT2D eigenvalue weighted by Gasteiger charge is -1.51. The van der Waals surface area contributed by atoms with Gasteiger partial charge in [0.2, 0.25) is 0 Å². The van der Waals surface area contributed by atoms with Crippen LogP contribution in [0, 0.1) is 0 Å². The van der Waals surface area contributed by atoms with E-state index in [0.717, 1.165) is 6.29 Å². The minimum absolute atomic E-state index is 0.639. The Morgan fingerprint density at radius 2 is 1.75 bits per heavy atom. The Balaban J connectivity index is 0. The maximum absolute atomic E-state index is 9.17. The number of carbonyl (C=O) groups is 1. The van der Waals surface area contributed by atoms with Crippen molar-refractivity contribution in [2.45, 2.75) is 13.3 Å². The van der Waals surface area contributed by atoms with Gasteiger partial charge in [0.25, 0.3) is 0 Å². The molecule has 0 amide bonds. The first-order valence-corrected chi connectivity index (χ1v) is 3.10. The van der Waals surface area contributed by atoms with Crippen LogP contribution in [0.5, 0.6) is 0 Å². The van der Waals surface area contributed by atoms with Crippen LogP contribution >= 0.6 is 8.25 Å². The van der Waals surface area contributed by atoms with Crippen LogP contribution in [-0.2, 0) is 9.36 Å². The van der Waals surface area contributed by atoms with Gasteiger partial charge in [-0.15, -0.1) is 9.79 Å². The maximum atomic E-state index is 9.17. The highest BCUT2D eigenvalue weighted by Crippen LogP contribution is 1.98. The SMILES string of the molecule is CCC=O.O=[P+](O)O. The minimum atomic E-state index is -2.87. The zero-order chi connectivity index (χ0) is 6.99. The summed E-state index contributed by atoms with van der Waals surface area (Å²) in [4.78, 5) is 23.4. The highest BCUT2D eigenvalue weighted by atomic mass is 31.1. The molecule has 0 heterocycles. The van der Waals surface area contributed by atoms with Crippen LogP contribution in [0.3, 0.4) is 0 Å². The van der Waals surface area contributed by atoms with E-state index < -0.39 is 8.25 Å². The fraction of sp³-hybridized carbons (Fsp3) is 0.667. The molecule has 5 heteroatoms. The molecule has 0 aliphatic carbocycles. The zero-order valence-electron chi connectivity index (χ0n) is 4.44. The van der Waals surface area contributed by atoms with Crippen molar-refractivity contribution in [3.05, 3.63) is 0 Å². The first-order chi connectivity index (χ1) is 3.65. The monoisotopic (exact) mass is 139 g/mol. The topological polar surface area (TPSA) is 74.6 Å². The van der Waals surface area contributed by atoms with Gasteiger partial charge in [-0.05, 0) is 0 Å². The lowest BCUT2D eigenvalue weighted by atomic mass is 10.6. The van der Waals surface area contributed by atoms with Gasteiger partial charge in [-0.25, -0.2) is 0 Å². The molecule has 8 heavy (non-hydrogen) atoms. The number of carbonyl (C=O) groups excluding carboxylic acids is 1. The van der Waals surface area contributed by atoms with E-state index >= 15 is 0 Å². The molecule has 48 valence electrons. The molecule has 0 bridgehead atoms. The van der Waals surface area contributed by atoms with E-state index in [1.54, 1.807) is 0 Å². The summed E-state index contributed by atoms with van der Waals surface area (Å²) < 4.78 is 8.70. The van der Waals surface area contributed by atoms with Gasteiger partial charge in [-0.3, -0.25) is 0 Å².